The molecule has 3 rings (SSSR count). The van der Waals surface area contributed by atoms with Crippen LogP contribution in [0.25, 0.3) is 10.6 Å². The van der Waals surface area contributed by atoms with Crippen LogP contribution in [0.3, 0.4) is 0 Å². The Kier molecular flexibility index (Phi) is 4.96. The van der Waals surface area contributed by atoms with Crippen LogP contribution in [0.15, 0.2) is 29.6 Å². The number of hydrogen-bond acceptors (Lipinski definition) is 6. The Bertz CT molecular complexity index is 859. The predicted molar refractivity (Wildman–Crippen MR) is 93.8 cm³/mol. The maximum Gasteiger partial charge on any atom is 0.232 e. The quantitative estimate of drug-likeness (QED) is 0.742. The van der Waals surface area contributed by atoms with E-state index in [1.54, 1.807) is 17.5 Å². The zero-order valence-electron chi connectivity index (χ0n) is 13.1. The van der Waals surface area contributed by atoms with E-state index in [0.717, 1.165) is 5.01 Å². The fourth-order valence-electron chi connectivity index (χ4n) is 1.99. The molecule has 0 aliphatic rings. The van der Waals surface area contributed by atoms with Gasteiger partial charge in [-0.25, -0.2) is 9.37 Å². The van der Waals surface area contributed by atoms with Gasteiger partial charge in [0.15, 0.2) is 0 Å². The Morgan fingerprint density at radius 1 is 1.33 bits per heavy atom. The number of carbonyl (C=O) groups is 1. The molecule has 0 unspecified atom stereocenters. The number of carbonyl (C=O) groups excluding carboxylic acids is 1. The molecule has 0 spiro atoms. The van der Waals surface area contributed by atoms with Crippen LogP contribution >= 0.6 is 22.7 Å². The molecule has 3 aromatic rings. The minimum absolute atomic E-state index is 0.141. The van der Waals surface area contributed by atoms with Gasteiger partial charge in [0.05, 0.1) is 12.1 Å². The molecule has 1 N–H and O–H groups in total. The summed E-state index contributed by atoms with van der Waals surface area (Å²) in [6.07, 6.45) is 0.141. The van der Waals surface area contributed by atoms with Crippen LogP contribution in [0.1, 0.15) is 30.5 Å². The average molecular weight is 362 g/mol. The summed E-state index contributed by atoms with van der Waals surface area (Å²) in [6.45, 7) is 4.05. The van der Waals surface area contributed by atoms with Crippen LogP contribution in [-0.2, 0) is 11.2 Å². The van der Waals surface area contributed by atoms with Crippen LogP contribution in [0.4, 0.5) is 9.52 Å². The number of thiazole rings is 1. The van der Waals surface area contributed by atoms with Crippen molar-refractivity contribution in [2.45, 2.75) is 26.2 Å². The van der Waals surface area contributed by atoms with E-state index in [1.807, 2.05) is 13.8 Å². The van der Waals surface area contributed by atoms with Crippen LogP contribution in [0, 0.1) is 5.82 Å². The van der Waals surface area contributed by atoms with Gasteiger partial charge in [0, 0.05) is 16.9 Å². The first-order valence-electron chi connectivity index (χ1n) is 7.35. The van der Waals surface area contributed by atoms with Crippen molar-refractivity contribution in [1.82, 2.24) is 15.2 Å². The van der Waals surface area contributed by atoms with E-state index in [1.165, 1.54) is 34.8 Å². The summed E-state index contributed by atoms with van der Waals surface area (Å²) >= 11 is 2.75. The highest BCUT2D eigenvalue weighted by Gasteiger charge is 2.13. The second kappa shape index (κ2) is 7.14. The van der Waals surface area contributed by atoms with E-state index < -0.39 is 0 Å². The third-order valence-corrected chi connectivity index (χ3v) is 5.23. The Labute approximate surface area is 146 Å². The highest BCUT2D eigenvalue weighted by Crippen LogP contribution is 2.25. The van der Waals surface area contributed by atoms with Crippen LogP contribution in [0.5, 0.6) is 0 Å². The Morgan fingerprint density at radius 2 is 2.17 bits per heavy atom. The molecule has 2 heterocycles. The van der Waals surface area contributed by atoms with Crippen molar-refractivity contribution in [3.8, 4) is 10.6 Å². The number of amides is 1. The normalized spacial score (nSPS) is 11.0. The fraction of sp³-hybridized carbons (Fsp3) is 0.250. The number of halogens is 1. The van der Waals surface area contributed by atoms with E-state index in [9.17, 15) is 9.18 Å². The molecule has 0 fully saturated rings. The highest BCUT2D eigenvalue weighted by atomic mass is 32.1. The Balaban J connectivity index is 1.64. The molecule has 8 heteroatoms. The van der Waals surface area contributed by atoms with Crippen molar-refractivity contribution in [3.05, 3.63) is 46.2 Å². The number of aromatic nitrogens is 3. The first kappa shape index (κ1) is 16.7. The van der Waals surface area contributed by atoms with Gasteiger partial charge in [-0.2, -0.15) is 0 Å². The summed E-state index contributed by atoms with van der Waals surface area (Å²) in [7, 11) is 0. The number of benzene rings is 1. The lowest BCUT2D eigenvalue weighted by molar-refractivity contribution is -0.115. The van der Waals surface area contributed by atoms with Gasteiger partial charge in [0.2, 0.25) is 11.0 Å². The molecular formula is C16H15FN4OS2. The summed E-state index contributed by atoms with van der Waals surface area (Å²) in [5.74, 6) is -0.225. The molecule has 0 aliphatic carbocycles. The maximum absolute atomic E-state index is 13.3. The minimum atomic E-state index is -0.306. The molecule has 124 valence electrons. The van der Waals surface area contributed by atoms with E-state index in [4.69, 9.17) is 0 Å². The number of nitrogens with one attached hydrogen (secondary N) is 1. The van der Waals surface area contributed by atoms with Crippen molar-refractivity contribution in [3.63, 3.8) is 0 Å². The SMILES string of the molecule is CC(C)c1nnc(NC(=O)Cc2csc(-c3cccc(F)c3)n2)s1. The molecule has 0 saturated heterocycles. The second-order valence-electron chi connectivity index (χ2n) is 5.48. The standard InChI is InChI=1S/C16H15FN4OS2/c1-9(2)14-20-21-16(24-14)19-13(22)7-12-8-23-15(18-12)10-4-3-5-11(17)6-10/h3-6,8-9H,7H2,1-2H3,(H,19,21,22). The molecule has 24 heavy (non-hydrogen) atoms. The van der Waals surface area contributed by atoms with Gasteiger partial charge in [0.1, 0.15) is 15.8 Å². The lowest BCUT2D eigenvalue weighted by atomic mass is 10.2. The highest BCUT2D eigenvalue weighted by molar-refractivity contribution is 7.15. The molecule has 5 nitrogen and oxygen atoms in total. The smallest absolute Gasteiger partial charge is 0.232 e. The van der Waals surface area contributed by atoms with E-state index >= 15 is 0 Å². The third-order valence-electron chi connectivity index (χ3n) is 3.15. The molecule has 0 radical (unpaired) electrons. The van der Waals surface area contributed by atoms with Gasteiger partial charge >= 0.3 is 0 Å². The van der Waals surface area contributed by atoms with Crippen LogP contribution < -0.4 is 5.32 Å². The third kappa shape index (κ3) is 4.01. The Morgan fingerprint density at radius 3 is 2.88 bits per heavy atom. The molecule has 0 atom stereocenters. The largest absolute Gasteiger partial charge is 0.300 e. The van der Waals surface area contributed by atoms with Crippen molar-refractivity contribution < 1.29 is 9.18 Å². The molecule has 1 amide bonds. The van der Waals surface area contributed by atoms with Gasteiger partial charge in [0.25, 0.3) is 0 Å². The van der Waals surface area contributed by atoms with Gasteiger partial charge in [-0.3, -0.25) is 4.79 Å². The summed E-state index contributed by atoms with van der Waals surface area (Å²) in [6, 6.07) is 6.25. The molecule has 0 saturated carbocycles. The molecule has 0 bridgehead atoms. The summed E-state index contributed by atoms with van der Waals surface area (Å²) in [4.78, 5) is 16.5. The lowest BCUT2D eigenvalue weighted by Gasteiger charge is -1.99. The zero-order valence-corrected chi connectivity index (χ0v) is 14.7. The first-order valence-corrected chi connectivity index (χ1v) is 9.04. The fourth-order valence-corrected chi connectivity index (χ4v) is 3.57. The predicted octanol–water partition coefficient (Wildman–Crippen LogP) is 4.11. The lowest BCUT2D eigenvalue weighted by Crippen LogP contribution is -2.14. The van der Waals surface area contributed by atoms with Crippen molar-refractivity contribution in [2.75, 3.05) is 5.32 Å². The van der Waals surface area contributed by atoms with Crippen molar-refractivity contribution >= 4 is 33.7 Å². The van der Waals surface area contributed by atoms with E-state index in [0.29, 0.717) is 21.4 Å². The van der Waals surface area contributed by atoms with E-state index in [2.05, 4.69) is 20.5 Å². The number of anilines is 1. The van der Waals surface area contributed by atoms with Crippen molar-refractivity contribution in [1.29, 1.82) is 0 Å². The summed E-state index contributed by atoms with van der Waals surface area (Å²) in [5.41, 5.74) is 1.35. The average Bonchev–Trinajstić information content (AvgIpc) is 3.17. The molecule has 1 aromatic carbocycles. The second-order valence-corrected chi connectivity index (χ2v) is 7.35. The maximum atomic E-state index is 13.3. The molecular weight excluding hydrogens is 347 g/mol. The monoisotopic (exact) mass is 362 g/mol. The topological polar surface area (TPSA) is 67.8 Å². The van der Waals surface area contributed by atoms with Crippen LogP contribution in [0.2, 0.25) is 0 Å². The number of nitrogens with zero attached hydrogens (tertiary/aromatic N) is 3. The Hall–Kier alpha value is -2.19. The molecule has 0 aliphatic heterocycles. The van der Waals surface area contributed by atoms with E-state index in [-0.39, 0.29) is 24.1 Å². The first-order chi connectivity index (χ1) is 11.5. The minimum Gasteiger partial charge on any atom is -0.300 e. The van der Waals surface area contributed by atoms with Gasteiger partial charge in [-0.05, 0) is 12.1 Å². The van der Waals surface area contributed by atoms with Gasteiger partial charge in [-0.15, -0.1) is 21.5 Å². The number of hydrogen-bond donors (Lipinski definition) is 1. The van der Waals surface area contributed by atoms with Gasteiger partial charge in [-0.1, -0.05) is 37.3 Å². The number of rotatable bonds is 5. The summed E-state index contributed by atoms with van der Waals surface area (Å²) in [5, 5.41) is 14.6. The van der Waals surface area contributed by atoms with Gasteiger partial charge < -0.3 is 5.32 Å². The molecule has 2 aromatic heterocycles. The van der Waals surface area contributed by atoms with Crippen LogP contribution in [-0.4, -0.2) is 21.1 Å². The zero-order chi connectivity index (χ0) is 17.1. The summed E-state index contributed by atoms with van der Waals surface area (Å²) < 4.78 is 13.3. The van der Waals surface area contributed by atoms with Crippen molar-refractivity contribution in [2.24, 2.45) is 0 Å².